The highest BCUT2D eigenvalue weighted by atomic mass is 19.2. The molecule has 0 aliphatic rings. The second-order valence-electron chi connectivity index (χ2n) is 7.67. The van der Waals surface area contributed by atoms with Crippen LogP contribution >= 0.6 is 0 Å². The zero-order valence-corrected chi connectivity index (χ0v) is 17.8. The van der Waals surface area contributed by atoms with Gasteiger partial charge in [0.15, 0.2) is 23.3 Å². The quantitative estimate of drug-likeness (QED) is 0.366. The molecule has 0 aliphatic heterocycles. The van der Waals surface area contributed by atoms with Crippen molar-refractivity contribution in [3.63, 3.8) is 0 Å². The normalized spacial score (nSPS) is 11.2. The van der Waals surface area contributed by atoms with Crippen molar-refractivity contribution in [2.75, 3.05) is 5.32 Å². The molecule has 6 nitrogen and oxygen atoms in total. The van der Waals surface area contributed by atoms with Crippen LogP contribution in [0.3, 0.4) is 0 Å². The summed E-state index contributed by atoms with van der Waals surface area (Å²) in [5, 5.41) is 6.95. The Balaban J connectivity index is 1.83. The van der Waals surface area contributed by atoms with Crippen molar-refractivity contribution >= 4 is 22.6 Å². The van der Waals surface area contributed by atoms with E-state index in [0.29, 0.717) is 28.0 Å². The molecule has 10 heteroatoms. The molecule has 0 atom stereocenters. The van der Waals surface area contributed by atoms with E-state index in [1.807, 2.05) is 24.4 Å². The van der Waals surface area contributed by atoms with Crippen LogP contribution in [0.1, 0.15) is 16.8 Å². The lowest BCUT2D eigenvalue weighted by atomic mass is 10.1. The van der Waals surface area contributed by atoms with E-state index in [9.17, 15) is 27.2 Å². The summed E-state index contributed by atoms with van der Waals surface area (Å²) in [5.41, 5.74) is 1.33. The Hall–Kier alpha value is -3.95. The molecule has 1 amide bonds. The standard InChI is InChI=1S/C23H18F4N4O2/c1-11-4-6-14(7-5-11)31-23-19(13(3)29-31)12(2)8-18(33)30(23)10-17(32)28-22-20(26)15(24)9-16(25)21(22)27/h4-9H,10H2,1-3H3,(H,28,32). The van der Waals surface area contributed by atoms with Crippen LogP contribution in [-0.4, -0.2) is 20.3 Å². The van der Waals surface area contributed by atoms with Crippen LogP contribution in [0.15, 0.2) is 41.2 Å². The molecule has 0 unspecified atom stereocenters. The summed E-state index contributed by atoms with van der Waals surface area (Å²) in [4.78, 5) is 25.4. The van der Waals surface area contributed by atoms with Gasteiger partial charge < -0.3 is 5.32 Å². The molecule has 4 rings (SSSR count). The first kappa shape index (κ1) is 22.3. The largest absolute Gasteiger partial charge is 0.319 e. The van der Waals surface area contributed by atoms with Crippen molar-refractivity contribution in [1.82, 2.24) is 14.3 Å². The molecule has 170 valence electrons. The Morgan fingerprint density at radius 3 is 2.18 bits per heavy atom. The number of amides is 1. The number of aromatic nitrogens is 3. The average molecular weight is 458 g/mol. The minimum Gasteiger partial charge on any atom is -0.319 e. The lowest BCUT2D eigenvalue weighted by Gasteiger charge is -2.13. The van der Waals surface area contributed by atoms with Crippen molar-refractivity contribution in [2.45, 2.75) is 27.3 Å². The lowest BCUT2D eigenvalue weighted by molar-refractivity contribution is -0.116. The van der Waals surface area contributed by atoms with Crippen LogP contribution in [0.25, 0.3) is 16.7 Å². The van der Waals surface area contributed by atoms with Crippen LogP contribution in [0.4, 0.5) is 23.2 Å². The molecule has 0 fully saturated rings. The minimum atomic E-state index is -1.75. The van der Waals surface area contributed by atoms with Gasteiger partial charge in [-0.05, 0) is 38.5 Å². The smallest absolute Gasteiger partial charge is 0.252 e. The molecule has 4 aromatic rings. The molecule has 1 N–H and O–H groups in total. The third-order valence-electron chi connectivity index (χ3n) is 5.25. The Bertz CT molecular complexity index is 1450. The SMILES string of the molecule is Cc1ccc(-n2nc(C)c3c(C)cc(=O)n(CC(=O)Nc4c(F)c(F)cc(F)c4F)c32)cc1. The molecule has 2 heterocycles. The topological polar surface area (TPSA) is 68.9 Å². The third kappa shape index (κ3) is 3.88. The van der Waals surface area contributed by atoms with E-state index in [2.05, 4.69) is 5.10 Å². The number of hydrogen-bond acceptors (Lipinski definition) is 3. The first-order valence-corrected chi connectivity index (χ1v) is 9.88. The summed E-state index contributed by atoms with van der Waals surface area (Å²) in [6.07, 6.45) is 0. The van der Waals surface area contributed by atoms with Crippen molar-refractivity contribution in [3.05, 3.63) is 86.8 Å². The molecule has 2 aromatic carbocycles. The predicted octanol–water partition coefficient (Wildman–Crippen LogP) is 4.31. The highest BCUT2D eigenvalue weighted by Gasteiger charge is 2.23. The van der Waals surface area contributed by atoms with Gasteiger partial charge in [-0.1, -0.05) is 17.7 Å². The number of carbonyl (C=O) groups is 1. The molecule has 2 aromatic heterocycles. The first-order chi connectivity index (χ1) is 15.6. The number of pyridine rings is 1. The Kier molecular flexibility index (Phi) is 5.52. The second kappa shape index (κ2) is 8.19. The van der Waals surface area contributed by atoms with Crippen LogP contribution in [-0.2, 0) is 11.3 Å². The summed E-state index contributed by atoms with van der Waals surface area (Å²) in [6, 6.07) is 8.64. The van der Waals surface area contributed by atoms with Gasteiger partial charge in [0.2, 0.25) is 5.91 Å². The Morgan fingerprint density at radius 1 is 0.970 bits per heavy atom. The highest BCUT2D eigenvalue weighted by Crippen LogP contribution is 2.26. The van der Waals surface area contributed by atoms with Crippen molar-refractivity contribution < 1.29 is 22.4 Å². The van der Waals surface area contributed by atoms with E-state index < -0.39 is 47.0 Å². The van der Waals surface area contributed by atoms with E-state index in [-0.39, 0.29) is 6.07 Å². The number of halogens is 4. The molecule has 33 heavy (non-hydrogen) atoms. The number of anilines is 1. The fraction of sp³-hybridized carbons (Fsp3) is 0.174. The molecule has 0 spiro atoms. The van der Waals surface area contributed by atoms with Gasteiger partial charge >= 0.3 is 0 Å². The van der Waals surface area contributed by atoms with E-state index in [4.69, 9.17) is 0 Å². The van der Waals surface area contributed by atoms with Gasteiger partial charge in [-0.3, -0.25) is 14.2 Å². The molecule has 0 radical (unpaired) electrons. The van der Waals surface area contributed by atoms with E-state index in [1.165, 1.54) is 10.7 Å². The minimum absolute atomic E-state index is 0.0389. The van der Waals surface area contributed by atoms with Crippen molar-refractivity contribution in [1.29, 1.82) is 0 Å². The Morgan fingerprint density at radius 2 is 1.58 bits per heavy atom. The maximum absolute atomic E-state index is 14.0. The van der Waals surface area contributed by atoms with Gasteiger partial charge in [0.25, 0.3) is 5.56 Å². The number of nitrogens with one attached hydrogen (secondary N) is 1. The monoisotopic (exact) mass is 458 g/mol. The number of aryl methyl sites for hydroxylation is 3. The number of benzene rings is 2. The van der Waals surface area contributed by atoms with Gasteiger partial charge in [-0.15, -0.1) is 0 Å². The maximum Gasteiger partial charge on any atom is 0.252 e. The Labute approximate surface area is 185 Å². The second-order valence-corrected chi connectivity index (χ2v) is 7.67. The summed E-state index contributed by atoms with van der Waals surface area (Å²) >= 11 is 0. The number of fused-ring (bicyclic) bond motifs is 1. The van der Waals surface area contributed by atoms with Crippen LogP contribution in [0.5, 0.6) is 0 Å². The number of nitrogens with zero attached hydrogens (tertiary/aromatic N) is 3. The van der Waals surface area contributed by atoms with Crippen molar-refractivity contribution in [2.24, 2.45) is 0 Å². The number of hydrogen-bond donors (Lipinski definition) is 1. The maximum atomic E-state index is 14.0. The van der Waals surface area contributed by atoms with Crippen molar-refractivity contribution in [3.8, 4) is 5.69 Å². The van der Waals surface area contributed by atoms with Crippen LogP contribution in [0.2, 0.25) is 0 Å². The lowest BCUT2D eigenvalue weighted by Crippen LogP contribution is -2.29. The molecular weight excluding hydrogens is 440 g/mol. The summed E-state index contributed by atoms with van der Waals surface area (Å²) in [7, 11) is 0. The number of rotatable bonds is 4. The summed E-state index contributed by atoms with van der Waals surface area (Å²) in [6.45, 7) is 4.70. The molecule has 0 saturated carbocycles. The molecule has 0 saturated heterocycles. The fourth-order valence-corrected chi connectivity index (χ4v) is 3.69. The summed E-state index contributed by atoms with van der Waals surface area (Å²) in [5.74, 6) is -7.87. The van der Waals surface area contributed by atoms with E-state index in [0.717, 1.165) is 10.1 Å². The first-order valence-electron chi connectivity index (χ1n) is 9.88. The average Bonchev–Trinajstić information content (AvgIpc) is 3.11. The van der Waals surface area contributed by atoms with Gasteiger partial charge in [0.05, 0.1) is 11.4 Å². The molecular formula is C23H18F4N4O2. The van der Waals surface area contributed by atoms with Crippen LogP contribution < -0.4 is 10.9 Å². The van der Waals surface area contributed by atoms with Gasteiger partial charge in [0.1, 0.15) is 17.9 Å². The van der Waals surface area contributed by atoms with Gasteiger partial charge in [0, 0.05) is 17.5 Å². The van der Waals surface area contributed by atoms with Crippen LogP contribution in [0, 0.1) is 44.0 Å². The van der Waals surface area contributed by atoms with Gasteiger partial charge in [-0.25, -0.2) is 22.2 Å². The molecule has 0 aliphatic carbocycles. The zero-order valence-electron chi connectivity index (χ0n) is 17.8. The molecule has 0 bridgehead atoms. The highest BCUT2D eigenvalue weighted by molar-refractivity contribution is 5.92. The van der Waals surface area contributed by atoms with E-state index >= 15 is 0 Å². The zero-order chi connectivity index (χ0) is 24.0. The van der Waals surface area contributed by atoms with E-state index in [1.54, 1.807) is 26.0 Å². The fourth-order valence-electron chi connectivity index (χ4n) is 3.69. The summed E-state index contributed by atoms with van der Waals surface area (Å²) < 4.78 is 57.5. The van der Waals surface area contributed by atoms with Gasteiger partial charge in [-0.2, -0.15) is 5.10 Å². The third-order valence-corrected chi connectivity index (χ3v) is 5.25. The number of carbonyl (C=O) groups excluding carboxylic acids is 1. The predicted molar refractivity (Wildman–Crippen MR) is 114 cm³/mol.